The molecule has 1 heterocycles. The number of benzene rings is 3. The molecule has 0 unspecified atom stereocenters. The van der Waals surface area contributed by atoms with Crippen molar-refractivity contribution in [3.05, 3.63) is 90.2 Å². The Morgan fingerprint density at radius 3 is 2.19 bits per heavy atom. The van der Waals surface area contributed by atoms with Crippen molar-refractivity contribution in [3.8, 4) is 5.75 Å². The number of hydrogen-bond acceptors (Lipinski definition) is 4. The average molecular weight is 414 g/mol. The summed E-state index contributed by atoms with van der Waals surface area (Å²) in [6, 6.07) is 23.1. The minimum atomic E-state index is -0.446. The number of carbonyl (C=O) groups is 2. The van der Waals surface area contributed by atoms with E-state index in [-0.39, 0.29) is 17.8 Å². The summed E-state index contributed by atoms with van der Waals surface area (Å²) in [4.78, 5) is 25.8. The Morgan fingerprint density at radius 1 is 0.806 bits per heavy atom. The van der Waals surface area contributed by atoms with E-state index in [0.29, 0.717) is 33.7 Å². The van der Waals surface area contributed by atoms with Crippen LogP contribution in [-0.2, 0) is 0 Å². The first kappa shape index (κ1) is 20.2. The summed E-state index contributed by atoms with van der Waals surface area (Å²) in [5, 5.41) is 6.29. The van der Waals surface area contributed by atoms with Gasteiger partial charge in [-0.1, -0.05) is 30.3 Å². The predicted molar refractivity (Wildman–Crippen MR) is 121 cm³/mol. The monoisotopic (exact) mass is 414 g/mol. The molecule has 0 aliphatic carbocycles. The van der Waals surface area contributed by atoms with Crippen LogP contribution >= 0.6 is 0 Å². The van der Waals surface area contributed by atoms with E-state index in [1.54, 1.807) is 48.5 Å². The molecule has 6 nitrogen and oxygen atoms in total. The number of nitrogens with one attached hydrogen (secondary N) is 2. The van der Waals surface area contributed by atoms with Gasteiger partial charge in [0.25, 0.3) is 11.8 Å². The zero-order valence-corrected chi connectivity index (χ0v) is 17.2. The van der Waals surface area contributed by atoms with Gasteiger partial charge in [0.05, 0.1) is 6.10 Å². The van der Waals surface area contributed by atoms with Gasteiger partial charge in [-0.15, -0.1) is 0 Å². The standard InChI is InChI=1S/C25H22N2O4/c1-16(2)30-19-14-12-17(13-15-19)24(28)27-22-20-10-6-7-11-21(20)31-23(22)25(29)26-18-8-4-3-5-9-18/h3-16H,1-2H3,(H,26,29)(H,27,28). The minimum absolute atomic E-state index is 0.0400. The first-order valence-electron chi connectivity index (χ1n) is 9.97. The molecule has 4 aromatic rings. The number of hydrogen-bond donors (Lipinski definition) is 2. The lowest BCUT2D eigenvalue weighted by Crippen LogP contribution is -2.17. The zero-order valence-electron chi connectivity index (χ0n) is 17.2. The van der Waals surface area contributed by atoms with Gasteiger partial charge >= 0.3 is 0 Å². The molecule has 2 amide bonds. The van der Waals surface area contributed by atoms with Gasteiger partial charge in [0.1, 0.15) is 17.0 Å². The van der Waals surface area contributed by atoms with E-state index in [1.165, 1.54) is 0 Å². The van der Waals surface area contributed by atoms with E-state index in [2.05, 4.69) is 10.6 Å². The topological polar surface area (TPSA) is 80.6 Å². The molecule has 1 aromatic heterocycles. The average Bonchev–Trinajstić information content (AvgIpc) is 3.13. The highest BCUT2D eigenvalue weighted by Crippen LogP contribution is 2.32. The van der Waals surface area contributed by atoms with Crippen LogP contribution in [-0.4, -0.2) is 17.9 Å². The molecule has 2 N–H and O–H groups in total. The van der Waals surface area contributed by atoms with Crippen molar-refractivity contribution < 1.29 is 18.7 Å². The summed E-state index contributed by atoms with van der Waals surface area (Å²) in [5.41, 5.74) is 1.91. The lowest BCUT2D eigenvalue weighted by molar-refractivity contribution is 0.0999. The molecule has 0 aliphatic heterocycles. The Kier molecular flexibility index (Phi) is 5.71. The van der Waals surface area contributed by atoms with Gasteiger partial charge in [-0.2, -0.15) is 0 Å². The second-order valence-electron chi connectivity index (χ2n) is 7.27. The van der Waals surface area contributed by atoms with Gasteiger partial charge in [0.2, 0.25) is 5.76 Å². The van der Waals surface area contributed by atoms with Crippen molar-refractivity contribution in [2.45, 2.75) is 20.0 Å². The number of para-hydroxylation sites is 2. The smallest absolute Gasteiger partial charge is 0.293 e. The molecule has 0 aliphatic rings. The third-order valence-corrected chi connectivity index (χ3v) is 4.56. The number of furan rings is 1. The van der Waals surface area contributed by atoms with E-state index < -0.39 is 5.91 Å². The van der Waals surface area contributed by atoms with Gasteiger partial charge in [-0.05, 0) is 62.4 Å². The van der Waals surface area contributed by atoms with Gasteiger partial charge in [-0.3, -0.25) is 9.59 Å². The fourth-order valence-electron chi connectivity index (χ4n) is 3.18. The summed E-state index contributed by atoms with van der Waals surface area (Å²) in [5.74, 6) is -0.0730. The number of ether oxygens (including phenoxy) is 1. The summed E-state index contributed by atoms with van der Waals surface area (Å²) >= 11 is 0. The highest BCUT2D eigenvalue weighted by atomic mass is 16.5. The molecule has 0 bridgehead atoms. The van der Waals surface area contributed by atoms with Gasteiger partial charge in [0, 0.05) is 16.6 Å². The van der Waals surface area contributed by atoms with Gasteiger partial charge < -0.3 is 19.8 Å². The number of fused-ring (bicyclic) bond motifs is 1. The highest BCUT2D eigenvalue weighted by Gasteiger charge is 2.23. The minimum Gasteiger partial charge on any atom is -0.491 e. The Labute approximate surface area is 179 Å². The maximum Gasteiger partial charge on any atom is 0.293 e. The third kappa shape index (κ3) is 4.59. The quantitative estimate of drug-likeness (QED) is 0.423. The molecule has 31 heavy (non-hydrogen) atoms. The normalized spacial score (nSPS) is 10.8. The number of rotatable bonds is 6. The maximum absolute atomic E-state index is 12.9. The molecule has 0 spiro atoms. The van der Waals surface area contributed by atoms with Gasteiger partial charge in [0.15, 0.2) is 0 Å². The van der Waals surface area contributed by atoms with Crippen LogP contribution in [0.4, 0.5) is 11.4 Å². The van der Waals surface area contributed by atoms with Crippen LogP contribution in [0.2, 0.25) is 0 Å². The summed E-state index contributed by atoms with van der Waals surface area (Å²) in [6.07, 6.45) is 0.0441. The SMILES string of the molecule is CC(C)Oc1ccc(C(=O)Nc2c(C(=O)Nc3ccccc3)oc3ccccc23)cc1. The van der Waals surface area contributed by atoms with E-state index in [4.69, 9.17) is 9.15 Å². The number of amides is 2. The van der Waals surface area contributed by atoms with Crippen LogP contribution in [0.1, 0.15) is 34.8 Å². The Hall–Kier alpha value is -4.06. The van der Waals surface area contributed by atoms with Crippen molar-refractivity contribution in [1.29, 1.82) is 0 Å². The van der Waals surface area contributed by atoms with Crippen molar-refractivity contribution in [2.75, 3.05) is 10.6 Å². The number of carbonyl (C=O) groups excluding carboxylic acids is 2. The second kappa shape index (κ2) is 8.75. The van der Waals surface area contributed by atoms with Gasteiger partial charge in [-0.25, -0.2) is 0 Å². The van der Waals surface area contributed by atoms with E-state index in [0.717, 1.165) is 0 Å². The molecule has 0 atom stereocenters. The third-order valence-electron chi connectivity index (χ3n) is 4.56. The van der Waals surface area contributed by atoms with Crippen LogP contribution in [0.3, 0.4) is 0 Å². The van der Waals surface area contributed by atoms with E-state index in [9.17, 15) is 9.59 Å². The molecule has 3 aromatic carbocycles. The first-order chi connectivity index (χ1) is 15.0. The van der Waals surface area contributed by atoms with Crippen molar-refractivity contribution >= 4 is 34.2 Å². The van der Waals surface area contributed by atoms with Crippen molar-refractivity contribution in [1.82, 2.24) is 0 Å². The molecule has 0 saturated heterocycles. The van der Waals surface area contributed by atoms with E-state index in [1.807, 2.05) is 44.2 Å². The fourth-order valence-corrected chi connectivity index (χ4v) is 3.18. The molecular formula is C25H22N2O4. The molecule has 6 heteroatoms. The molecule has 0 saturated carbocycles. The van der Waals surface area contributed by atoms with Crippen LogP contribution in [0.15, 0.2) is 83.3 Å². The number of anilines is 2. The lowest BCUT2D eigenvalue weighted by atomic mass is 10.1. The molecule has 0 radical (unpaired) electrons. The highest BCUT2D eigenvalue weighted by molar-refractivity contribution is 6.16. The lowest BCUT2D eigenvalue weighted by Gasteiger charge is -2.10. The second-order valence-corrected chi connectivity index (χ2v) is 7.27. The Balaban J connectivity index is 1.62. The van der Waals surface area contributed by atoms with Crippen molar-refractivity contribution in [3.63, 3.8) is 0 Å². The Morgan fingerprint density at radius 2 is 1.48 bits per heavy atom. The fraction of sp³-hybridized carbons (Fsp3) is 0.120. The molecule has 4 rings (SSSR count). The predicted octanol–water partition coefficient (Wildman–Crippen LogP) is 5.72. The maximum atomic E-state index is 12.9. The summed E-state index contributed by atoms with van der Waals surface area (Å²) in [6.45, 7) is 3.87. The van der Waals surface area contributed by atoms with Crippen LogP contribution in [0.25, 0.3) is 11.0 Å². The summed E-state index contributed by atoms with van der Waals surface area (Å²) < 4.78 is 11.4. The Bertz CT molecular complexity index is 1210. The van der Waals surface area contributed by atoms with E-state index >= 15 is 0 Å². The zero-order chi connectivity index (χ0) is 21.8. The summed E-state index contributed by atoms with van der Waals surface area (Å²) in [7, 11) is 0. The molecular weight excluding hydrogens is 392 g/mol. The van der Waals surface area contributed by atoms with Crippen LogP contribution in [0.5, 0.6) is 5.75 Å². The molecule has 0 fully saturated rings. The van der Waals surface area contributed by atoms with Crippen molar-refractivity contribution in [2.24, 2.45) is 0 Å². The largest absolute Gasteiger partial charge is 0.491 e. The first-order valence-corrected chi connectivity index (χ1v) is 9.97. The van der Waals surface area contributed by atoms with Crippen LogP contribution < -0.4 is 15.4 Å². The molecule has 156 valence electrons. The van der Waals surface area contributed by atoms with Crippen LogP contribution in [0, 0.1) is 0 Å².